The van der Waals surface area contributed by atoms with Gasteiger partial charge >= 0.3 is 0 Å². The lowest BCUT2D eigenvalue weighted by atomic mass is 10.0. The van der Waals surface area contributed by atoms with Crippen molar-refractivity contribution in [1.29, 1.82) is 0 Å². The van der Waals surface area contributed by atoms with E-state index in [1.165, 1.54) is 26.1 Å². The molecule has 0 aliphatic rings. The van der Waals surface area contributed by atoms with Crippen molar-refractivity contribution >= 4 is 27.3 Å². The largest absolute Gasteiger partial charge is 0.464 e. The first-order valence-corrected chi connectivity index (χ1v) is 9.89. The molecule has 4 heteroatoms. The zero-order chi connectivity index (χ0) is 18.6. The fourth-order valence-corrected chi connectivity index (χ4v) is 4.62. The average molecular weight is 375 g/mol. The summed E-state index contributed by atoms with van der Waals surface area (Å²) in [6.45, 7) is 2.21. The molecule has 0 fully saturated rings. The van der Waals surface area contributed by atoms with Gasteiger partial charge < -0.3 is 9.73 Å². The van der Waals surface area contributed by atoms with Gasteiger partial charge in [0.1, 0.15) is 5.76 Å². The lowest BCUT2D eigenvalue weighted by Gasteiger charge is -2.07. The van der Waals surface area contributed by atoms with Gasteiger partial charge in [-0.15, -0.1) is 11.3 Å². The van der Waals surface area contributed by atoms with Crippen molar-refractivity contribution in [2.45, 2.75) is 19.8 Å². The topological polar surface area (TPSA) is 42.2 Å². The highest BCUT2D eigenvalue weighted by atomic mass is 32.1. The van der Waals surface area contributed by atoms with Gasteiger partial charge in [0.25, 0.3) is 0 Å². The van der Waals surface area contributed by atoms with Gasteiger partial charge in [-0.2, -0.15) is 0 Å². The summed E-state index contributed by atoms with van der Waals surface area (Å²) in [5.41, 5.74) is 3.70. The van der Waals surface area contributed by atoms with Gasteiger partial charge in [0.2, 0.25) is 5.91 Å². The maximum absolute atomic E-state index is 11.3. The van der Waals surface area contributed by atoms with E-state index in [0.29, 0.717) is 6.54 Å². The number of carbonyl (C=O) groups is 1. The Bertz CT molecular complexity index is 1050. The molecule has 4 aromatic rings. The molecule has 2 heterocycles. The predicted molar refractivity (Wildman–Crippen MR) is 111 cm³/mol. The maximum Gasteiger partial charge on any atom is 0.216 e. The zero-order valence-electron chi connectivity index (χ0n) is 15.2. The minimum absolute atomic E-state index is 0.00965. The molecular weight excluding hydrogens is 354 g/mol. The van der Waals surface area contributed by atoms with Crippen LogP contribution in [0.5, 0.6) is 0 Å². The summed E-state index contributed by atoms with van der Waals surface area (Å²) in [6, 6.07) is 20.9. The number of carbonyl (C=O) groups excluding carboxylic acids is 1. The van der Waals surface area contributed by atoms with E-state index in [4.69, 9.17) is 4.42 Å². The Morgan fingerprint density at radius 2 is 1.93 bits per heavy atom. The molecule has 0 radical (unpaired) electrons. The Labute approximate surface area is 162 Å². The van der Waals surface area contributed by atoms with Crippen molar-refractivity contribution in [3.8, 4) is 11.3 Å². The number of furan rings is 1. The van der Waals surface area contributed by atoms with Gasteiger partial charge in [-0.3, -0.25) is 4.79 Å². The van der Waals surface area contributed by atoms with E-state index in [-0.39, 0.29) is 5.91 Å². The van der Waals surface area contributed by atoms with E-state index in [1.807, 2.05) is 29.5 Å². The van der Waals surface area contributed by atoms with Crippen LogP contribution in [0.2, 0.25) is 0 Å². The molecule has 3 nitrogen and oxygen atoms in total. The molecule has 0 spiro atoms. The number of nitrogens with one attached hydrogen (secondary N) is 1. The highest BCUT2D eigenvalue weighted by Gasteiger charge is 2.14. The maximum atomic E-state index is 11.3. The minimum Gasteiger partial charge on any atom is -0.464 e. The lowest BCUT2D eigenvalue weighted by Crippen LogP contribution is -2.22. The van der Waals surface area contributed by atoms with Crippen LogP contribution in [0, 0.1) is 0 Å². The molecule has 0 unspecified atom stereocenters. The third kappa shape index (κ3) is 3.96. The Hall–Kier alpha value is -2.85. The van der Waals surface area contributed by atoms with Crippen molar-refractivity contribution in [3.63, 3.8) is 0 Å². The number of amides is 1. The van der Waals surface area contributed by atoms with Crippen LogP contribution in [0.1, 0.15) is 22.9 Å². The zero-order valence-corrected chi connectivity index (χ0v) is 16.0. The first kappa shape index (κ1) is 17.6. The summed E-state index contributed by atoms with van der Waals surface area (Å²) in [7, 11) is 0. The number of hydrogen-bond donors (Lipinski definition) is 1. The van der Waals surface area contributed by atoms with Crippen LogP contribution in [-0.2, 0) is 17.6 Å². The molecule has 0 aliphatic carbocycles. The molecule has 0 bridgehead atoms. The summed E-state index contributed by atoms with van der Waals surface area (Å²) in [6.07, 6.45) is 3.43. The number of fused-ring (bicyclic) bond motifs is 1. The van der Waals surface area contributed by atoms with Gasteiger partial charge in [0.15, 0.2) is 0 Å². The van der Waals surface area contributed by atoms with Crippen molar-refractivity contribution in [3.05, 3.63) is 82.9 Å². The summed E-state index contributed by atoms with van der Waals surface area (Å²) >= 11 is 1.84. The van der Waals surface area contributed by atoms with Crippen molar-refractivity contribution in [1.82, 2.24) is 5.32 Å². The highest BCUT2D eigenvalue weighted by Crippen LogP contribution is 2.36. The fraction of sp³-hybridized carbons (Fsp3) is 0.174. The number of hydrogen-bond acceptors (Lipinski definition) is 3. The predicted octanol–water partition coefficient (Wildman–Crippen LogP) is 5.43. The van der Waals surface area contributed by atoms with E-state index >= 15 is 0 Å². The van der Waals surface area contributed by atoms with Gasteiger partial charge in [-0.05, 0) is 53.3 Å². The fourth-order valence-electron chi connectivity index (χ4n) is 3.36. The Morgan fingerprint density at radius 1 is 1.07 bits per heavy atom. The van der Waals surface area contributed by atoms with Gasteiger partial charge in [0, 0.05) is 35.0 Å². The summed E-state index contributed by atoms with van der Waals surface area (Å²) < 4.78 is 6.84. The molecule has 1 amide bonds. The molecule has 0 atom stereocenters. The molecule has 1 N–H and O–H groups in total. The second-order valence-corrected chi connectivity index (χ2v) is 7.72. The molecule has 2 aromatic carbocycles. The standard InChI is InChI=1S/C23H21NO2S/c1-16(25)24-12-11-19-20-15-18(21-8-5-13-26-21)9-10-22(20)27-23(19)14-17-6-3-2-4-7-17/h2-10,13,15H,11-12,14H2,1H3,(H,24,25). The van der Waals surface area contributed by atoms with Crippen LogP contribution in [0.4, 0.5) is 0 Å². The normalized spacial score (nSPS) is 11.0. The average Bonchev–Trinajstić information content (AvgIpc) is 3.31. The summed E-state index contributed by atoms with van der Waals surface area (Å²) in [4.78, 5) is 12.7. The first-order chi connectivity index (χ1) is 13.2. The lowest BCUT2D eigenvalue weighted by molar-refractivity contribution is -0.118. The van der Waals surface area contributed by atoms with Gasteiger partial charge in [-0.25, -0.2) is 0 Å². The molecule has 0 saturated carbocycles. The molecule has 136 valence electrons. The van der Waals surface area contributed by atoms with Crippen LogP contribution < -0.4 is 5.32 Å². The highest BCUT2D eigenvalue weighted by molar-refractivity contribution is 7.19. The summed E-state index contributed by atoms with van der Waals surface area (Å²) in [5, 5.41) is 4.18. The van der Waals surface area contributed by atoms with Crippen LogP contribution in [-0.4, -0.2) is 12.5 Å². The molecular formula is C23H21NO2S. The molecule has 0 saturated heterocycles. The minimum atomic E-state index is 0.00965. The number of thiophene rings is 1. The summed E-state index contributed by atoms with van der Waals surface area (Å²) in [5.74, 6) is 0.885. The third-order valence-electron chi connectivity index (χ3n) is 4.64. The Balaban J connectivity index is 1.74. The number of benzene rings is 2. The van der Waals surface area contributed by atoms with Crippen molar-refractivity contribution < 1.29 is 9.21 Å². The van der Waals surface area contributed by atoms with Crippen LogP contribution in [0.15, 0.2) is 71.3 Å². The third-order valence-corrected chi connectivity index (χ3v) is 5.85. The molecule has 2 aromatic heterocycles. The second-order valence-electron chi connectivity index (χ2n) is 6.59. The van der Waals surface area contributed by atoms with Gasteiger partial charge in [0.05, 0.1) is 6.26 Å². The van der Waals surface area contributed by atoms with Crippen molar-refractivity contribution in [2.24, 2.45) is 0 Å². The Morgan fingerprint density at radius 3 is 2.67 bits per heavy atom. The van der Waals surface area contributed by atoms with E-state index in [1.54, 1.807) is 13.2 Å². The SMILES string of the molecule is CC(=O)NCCc1c(Cc2ccccc2)sc2ccc(-c3ccco3)cc12. The van der Waals surface area contributed by atoms with E-state index < -0.39 is 0 Å². The smallest absolute Gasteiger partial charge is 0.216 e. The molecule has 27 heavy (non-hydrogen) atoms. The first-order valence-electron chi connectivity index (χ1n) is 9.07. The van der Waals surface area contributed by atoms with Crippen LogP contribution in [0.3, 0.4) is 0 Å². The molecule has 4 rings (SSSR count). The quantitative estimate of drug-likeness (QED) is 0.488. The number of rotatable bonds is 6. The van der Waals surface area contributed by atoms with Crippen molar-refractivity contribution in [2.75, 3.05) is 6.54 Å². The van der Waals surface area contributed by atoms with E-state index in [9.17, 15) is 4.79 Å². The van der Waals surface area contributed by atoms with E-state index in [2.05, 4.69) is 47.8 Å². The van der Waals surface area contributed by atoms with Crippen LogP contribution >= 0.6 is 11.3 Å². The Kier molecular flexibility index (Phi) is 5.07. The second kappa shape index (κ2) is 7.80. The molecule has 0 aliphatic heterocycles. The van der Waals surface area contributed by atoms with Gasteiger partial charge in [-0.1, -0.05) is 30.3 Å². The monoisotopic (exact) mass is 375 g/mol. The van der Waals surface area contributed by atoms with E-state index in [0.717, 1.165) is 24.2 Å². The van der Waals surface area contributed by atoms with Crippen LogP contribution in [0.25, 0.3) is 21.4 Å².